The zero-order valence-electron chi connectivity index (χ0n) is 6.55. The van der Waals surface area contributed by atoms with Crippen molar-refractivity contribution < 1.29 is 35.5 Å². The Hall–Kier alpha value is -0.530. The molecular weight excluding hydrogens is 221 g/mol. The monoisotopic (exact) mass is 226 g/mol. The van der Waals surface area contributed by atoms with E-state index in [2.05, 4.69) is 4.74 Å². The van der Waals surface area contributed by atoms with Crippen molar-refractivity contribution in [2.24, 2.45) is 0 Å². The van der Waals surface area contributed by atoms with Gasteiger partial charge in [-0.2, -0.15) is 30.7 Å². The third-order valence-electron chi connectivity index (χ3n) is 1.70. The Bertz CT molecular complexity index is 217. The Kier molecular flexibility index (Phi) is 2.46. The van der Waals surface area contributed by atoms with Crippen LogP contribution in [0.5, 0.6) is 0 Å². The molecule has 1 heterocycles. The second kappa shape index (κ2) is 2.98. The van der Waals surface area contributed by atoms with Crippen molar-refractivity contribution in [1.29, 1.82) is 0 Å². The van der Waals surface area contributed by atoms with E-state index in [1.807, 2.05) is 0 Å². The summed E-state index contributed by atoms with van der Waals surface area (Å²) >= 11 is 0. The molecule has 8 heteroatoms. The summed E-state index contributed by atoms with van der Waals surface area (Å²) in [6, 6.07) is 0. The van der Waals surface area contributed by atoms with Gasteiger partial charge in [0.25, 0.3) is 0 Å². The van der Waals surface area contributed by atoms with Crippen molar-refractivity contribution in [3.05, 3.63) is 0 Å². The van der Waals surface area contributed by atoms with Crippen LogP contribution < -0.4 is 0 Å². The first kappa shape index (κ1) is 11.5. The number of hydrogen-bond donors (Lipinski definition) is 0. The molecule has 0 saturated carbocycles. The van der Waals surface area contributed by atoms with Crippen LogP contribution in [0.25, 0.3) is 0 Å². The highest BCUT2D eigenvalue weighted by molar-refractivity contribution is 4.94. The summed E-state index contributed by atoms with van der Waals surface area (Å²) in [5, 5.41) is 0. The summed E-state index contributed by atoms with van der Waals surface area (Å²) in [6.07, 6.45) is -9.05. The smallest absolute Gasteiger partial charge is 0.373 e. The van der Waals surface area contributed by atoms with E-state index in [9.17, 15) is 30.7 Å². The van der Waals surface area contributed by atoms with Gasteiger partial charge in [-0.15, -0.1) is 0 Å². The van der Waals surface area contributed by atoms with E-state index in [0.29, 0.717) is 0 Å². The molecule has 1 nitrogen and oxygen atoms in total. The fourth-order valence-electron chi connectivity index (χ4n) is 0.807. The van der Waals surface area contributed by atoms with Crippen molar-refractivity contribution in [2.75, 3.05) is 6.61 Å². The molecular formula is C6H5F7O. The highest BCUT2D eigenvalue weighted by atomic mass is 19.4. The predicted octanol–water partition coefficient (Wildman–Crippen LogP) is 2.61. The van der Waals surface area contributed by atoms with Gasteiger partial charge in [-0.25, -0.2) is 0 Å². The standard InChI is InChI=1S/C6H5F7O/c7-4(8,1-3-2-14-3)5(9,10)6(11,12)13/h3H,1-2H2/t3-/m1/s1. The van der Waals surface area contributed by atoms with Crippen molar-refractivity contribution in [2.45, 2.75) is 30.5 Å². The molecule has 0 N–H and O–H groups in total. The van der Waals surface area contributed by atoms with Crippen LogP contribution in [-0.4, -0.2) is 30.7 Å². The lowest BCUT2D eigenvalue weighted by Gasteiger charge is -2.27. The number of ether oxygens (including phenoxy) is 1. The lowest BCUT2D eigenvalue weighted by molar-refractivity contribution is -0.356. The average Bonchev–Trinajstić information content (AvgIpc) is 2.67. The first-order chi connectivity index (χ1) is 6.08. The van der Waals surface area contributed by atoms with E-state index >= 15 is 0 Å². The largest absolute Gasteiger partial charge is 0.459 e. The molecule has 0 spiro atoms. The number of epoxide rings is 1. The average molecular weight is 226 g/mol. The van der Waals surface area contributed by atoms with E-state index in [4.69, 9.17) is 0 Å². The molecule has 0 amide bonds. The first-order valence-electron chi connectivity index (χ1n) is 3.52. The van der Waals surface area contributed by atoms with E-state index in [1.54, 1.807) is 0 Å². The van der Waals surface area contributed by atoms with Gasteiger partial charge in [-0.3, -0.25) is 0 Å². The minimum absolute atomic E-state index is 0.205. The Labute approximate surface area is 73.8 Å². The van der Waals surface area contributed by atoms with Gasteiger partial charge in [-0.05, 0) is 0 Å². The molecule has 0 bridgehead atoms. The van der Waals surface area contributed by atoms with Crippen LogP contribution in [0.1, 0.15) is 6.42 Å². The fourth-order valence-corrected chi connectivity index (χ4v) is 0.807. The molecule has 1 aliphatic rings. The summed E-state index contributed by atoms with van der Waals surface area (Å²) in [6.45, 7) is -0.205. The van der Waals surface area contributed by atoms with Crippen molar-refractivity contribution in [3.63, 3.8) is 0 Å². The summed E-state index contributed by atoms with van der Waals surface area (Å²) < 4.78 is 88.0. The molecule has 84 valence electrons. The molecule has 0 radical (unpaired) electrons. The predicted molar refractivity (Wildman–Crippen MR) is 30.3 cm³/mol. The SMILES string of the molecule is FC(F)(F)C(F)(F)C(F)(F)C[C@@H]1CO1. The molecule has 0 aromatic carbocycles. The van der Waals surface area contributed by atoms with E-state index in [-0.39, 0.29) is 6.61 Å². The summed E-state index contributed by atoms with van der Waals surface area (Å²) in [4.78, 5) is 0. The van der Waals surface area contributed by atoms with E-state index in [1.165, 1.54) is 0 Å². The summed E-state index contributed by atoms with van der Waals surface area (Å²) in [5.41, 5.74) is 0. The molecule has 1 saturated heterocycles. The van der Waals surface area contributed by atoms with Crippen LogP contribution >= 0.6 is 0 Å². The molecule has 0 aliphatic carbocycles. The topological polar surface area (TPSA) is 12.5 Å². The molecule has 14 heavy (non-hydrogen) atoms. The zero-order chi connectivity index (χ0) is 11.2. The van der Waals surface area contributed by atoms with Gasteiger partial charge in [-0.1, -0.05) is 0 Å². The fraction of sp³-hybridized carbons (Fsp3) is 1.00. The highest BCUT2D eigenvalue weighted by Crippen LogP contribution is 2.49. The van der Waals surface area contributed by atoms with Gasteiger partial charge in [0.2, 0.25) is 0 Å². The Morgan fingerprint density at radius 3 is 1.71 bits per heavy atom. The second-order valence-corrected chi connectivity index (χ2v) is 2.94. The van der Waals surface area contributed by atoms with Crippen LogP contribution in [0.2, 0.25) is 0 Å². The summed E-state index contributed by atoms with van der Waals surface area (Å²) in [5.74, 6) is -11.1. The number of hydrogen-bond acceptors (Lipinski definition) is 1. The van der Waals surface area contributed by atoms with Gasteiger partial charge in [0.1, 0.15) is 0 Å². The van der Waals surface area contributed by atoms with Crippen molar-refractivity contribution >= 4 is 0 Å². The highest BCUT2D eigenvalue weighted by Gasteiger charge is 2.73. The maximum atomic E-state index is 12.4. The second-order valence-electron chi connectivity index (χ2n) is 2.94. The molecule has 1 aliphatic heterocycles. The quantitative estimate of drug-likeness (QED) is 0.532. The summed E-state index contributed by atoms with van der Waals surface area (Å²) in [7, 11) is 0. The normalized spacial score (nSPS) is 23.8. The van der Waals surface area contributed by atoms with Crippen LogP contribution in [0.4, 0.5) is 30.7 Å². The number of rotatable bonds is 3. The van der Waals surface area contributed by atoms with Gasteiger partial charge in [0.15, 0.2) is 0 Å². The van der Waals surface area contributed by atoms with E-state index < -0.39 is 30.5 Å². The third kappa shape index (κ3) is 1.94. The van der Waals surface area contributed by atoms with Crippen molar-refractivity contribution in [3.8, 4) is 0 Å². The third-order valence-corrected chi connectivity index (χ3v) is 1.70. The van der Waals surface area contributed by atoms with Crippen LogP contribution in [-0.2, 0) is 4.74 Å². The molecule has 0 unspecified atom stereocenters. The van der Waals surface area contributed by atoms with Gasteiger partial charge in [0.05, 0.1) is 12.7 Å². The lowest BCUT2D eigenvalue weighted by Crippen LogP contribution is -2.52. The molecule has 1 fully saturated rings. The molecule has 1 rings (SSSR count). The van der Waals surface area contributed by atoms with Gasteiger partial charge < -0.3 is 4.74 Å². The molecule has 1 atom stereocenters. The Balaban J connectivity index is 2.76. The van der Waals surface area contributed by atoms with Gasteiger partial charge >= 0.3 is 18.0 Å². The van der Waals surface area contributed by atoms with Crippen LogP contribution in [0, 0.1) is 0 Å². The molecule has 0 aromatic heterocycles. The Morgan fingerprint density at radius 2 is 1.43 bits per heavy atom. The zero-order valence-corrected chi connectivity index (χ0v) is 6.55. The van der Waals surface area contributed by atoms with Gasteiger partial charge in [0, 0.05) is 6.42 Å². The van der Waals surface area contributed by atoms with E-state index in [0.717, 1.165) is 0 Å². The molecule has 0 aromatic rings. The lowest BCUT2D eigenvalue weighted by atomic mass is 10.1. The number of halogens is 7. The Morgan fingerprint density at radius 1 is 1.00 bits per heavy atom. The minimum atomic E-state index is -6.24. The van der Waals surface area contributed by atoms with Crippen LogP contribution in [0.3, 0.4) is 0 Å². The maximum absolute atomic E-state index is 12.4. The minimum Gasteiger partial charge on any atom is -0.373 e. The number of alkyl halides is 7. The van der Waals surface area contributed by atoms with Crippen molar-refractivity contribution in [1.82, 2.24) is 0 Å². The maximum Gasteiger partial charge on any atom is 0.459 e. The first-order valence-corrected chi connectivity index (χ1v) is 3.52. The van der Waals surface area contributed by atoms with Crippen LogP contribution in [0.15, 0.2) is 0 Å².